The lowest BCUT2D eigenvalue weighted by Gasteiger charge is -2.15. The van der Waals surface area contributed by atoms with Crippen LogP contribution in [0.3, 0.4) is 0 Å². The van der Waals surface area contributed by atoms with Gasteiger partial charge in [0.1, 0.15) is 11.8 Å². The molecule has 10 nitrogen and oxygen atoms in total. The van der Waals surface area contributed by atoms with Gasteiger partial charge in [-0.3, -0.25) is 19.4 Å². The van der Waals surface area contributed by atoms with Crippen LogP contribution < -0.4 is 16.3 Å². The van der Waals surface area contributed by atoms with Gasteiger partial charge in [-0.1, -0.05) is 23.7 Å². The Morgan fingerprint density at radius 3 is 2.49 bits per heavy atom. The maximum absolute atomic E-state index is 12.9. The summed E-state index contributed by atoms with van der Waals surface area (Å²) in [6.07, 6.45) is 1.47. The Kier molecular flexibility index (Phi) is 6.95. The Morgan fingerprint density at radius 2 is 1.80 bits per heavy atom. The van der Waals surface area contributed by atoms with Crippen LogP contribution in [0.5, 0.6) is 0 Å². The van der Waals surface area contributed by atoms with E-state index in [1.807, 2.05) is 0 Å². The fraction of sp³-hybridized carbons (Fsp3) is 0.0833. The molecule has 2 amide bonds. The third-order valence-corrected chi connectivity index (χ3v) is 5.16. The number of aromatic amines is 1. The molecule has 1 unspecified atom stereocenters. The molecule has 0 bridgehead atoms. The molecule has 0 aliphatic carbocycles. The van der Waals surface area contributed by atoms with Crippen LogP contribution in [0.15, 0.2) is 76.9 Å². The summed E-state index contributed by atoms with van der Waals surface area (Å²) in [4.78, 5) is 47.6. The van der Waals surface area contributed by atoms with Gasteiger partial charge in [-0.2, -0.15) is 5.10 Å². The number of amides is 2. The fourth-order valence-electron chi connectivity index (χ4n) is 3.26. The van der Waals surface area contributed by atoms with Gasteiger partial charge in [0.2, 0.25) is 5.91 Å². The third kappa shape index (κ3) is 5.57. The fourth-order valence-corrected chi connectivity index (χ4v) is 3.44. The average Bonchev–Trinajstić information content (AvgIpc) is 2.84. The number of rotatable bonds is 6. The number of hydrogen-bond acceptors (Lipinski definition) is 7. The molecule has 1 atom stereocenters. The number of carbonyl (C=O) groups is 2. The molecule has 4 N–H and O–H groups in total. The van der Waals surface area contributed by atoms with Crippen LogP contribution in [0.2, 0.25) is 5.02 Å². The van der Waals surface area contributed by atoms with E-state index in [2.05, 4.69) is 30.8 Å². The molecular formula is C24H19ClN6O4. The molecule has 0 fully saturated rings. The molecule has 35 heavy (non-hydrogen) atoms. The molecule has 0 saturated carbocycles. The summed E-state index contributed by atoms with van der Waals surface area (Å²) in [5, 5.41) is 18.3. The topological polar surface area (TPSA) is 149 Å². The minimum Gasteiger partial charge on any atom is -0.382 e. The number of aliphatic hydroxyl groups excluding tert-OH is 1. The Hall–Kier alpha value is -4.41. The first-order valence-electron chi connectivity index (χ1n) is 10.4. The molecule has 2 aromatic carbocycles. The monoisotopic (exact) mass is 490 g/mol. The first-order chi connectivity index (χ1) is 16.8. The highest BCUT2D eigenvalue weighted by atomic mass is 35.5. The van der Waals surface area contributed by atoms with Crippen LogP contribution in [0.4, 0.5) is 5.69 Å². The van der Waals surface area contributed by atoms with Gasteiger partial charge >= 0.3 is 0 Å². The lowest BCUT2D eigenvalue weighted by Crippen LogP contribution is -2.29. The first kappa shape index (κ1) is 23.7. The third-order valence-electron chi connectivity index (χ3n) is 4.92. The second kappa shape index (κ2) is 10.2. The number of nitrogens with one attached hydrogen (secondary N) is 3. The van der Waals surface area contributed by atoms with E-state index >= 15 is 0 Å². The number of hydrogen-bond donors (Lipinski definition) is 4. The summed E-state index contributed by atoms with van der Waals surface area (Å²) in [7, 11) is 0. The Bertz CT molecular complexity index is 1490. The van der Waals surface area contributed by atoms with Gasteiger partial charge in [0.25, 0.3) is 11.5 Å². The zero-order valence-electron chi connectivity index (χ0n) is 18.3. The molecule has 11 heteroatoms. The zero-order valence-corrected chi connectivity index (χ0v) is 19.1. The number of aromatic nitrogens is 3. The van der Waals surface area contributed by atoms with E-state index in [0.717, 1.165) is 0 Å². The smallest absolute Gasteiger partial charge is 0.276 e. The van der Waals surface area contributed by atoms with Crippen molar-refractivity contribution < 1.29 is 14.7 Å². The van der Waals surface area contributed by atoms with Crippen molar-refractivity contribution in [3.63, 3.8) is 0 Å². The largest absolute Gasteiger partial charge is 0.382 e. The zero-order chi connectivity index (χ0) is 24.9. The molecule has 0 aliphatic rings. The summed E-state index contributed by atoms with van der Waals surface area (Å²) in [5.74, 6) is -0.812. The number of benzene rings is 2. The van der Waals surface area contributed by atoms with E-state index in [9.17, 15) is 19.5 Å². The minimum absolute atomic E-state index is 0.183. The summed E-state index contributed by atoms with van der Waals surface area (Å²) in [5.41, 5.74) is 3.33. The van der Waals surface area contributed by atoms with Crippen LogP contribution in [0.1, 0.15) is 34.6 Å². The van der Waals surface area contributed by atoms with Crippen molar-refractivity contribution in [2.45, 2.75) is 13.0 Å². The van der Waals surface area contributed by atoms with Gasteiger partial charge < -0.3 is 15.4 Å². The Morgan fingerprint density at radius 1 is 1.09 bits per heavy atom. The summed E-state index contributed by atoms with van der Waals surface area (Å²) in [6.45, 7) is 1.38. The molecular weight excluding hydrogens is 472 g/mol. The van der Waals surface area contributed by atoms with Gasteiger partial charge in [0.05, 0.1) is 11.0 Å². The maximum Gasteiger partial charge on any atom is 0.276 e. The van der Waals surface area contributed by atoms with E-state index in [1.165, 1.54) is 31.5 Å². The number of hydrazone groups is 1. The number of halogens is 1. The number of anilines is 1. The standard InChI is InChI=1S/C24H19ClN6O4/c1-13(32)27-17-5-2-14(3-6-17)22(33)20(30-31-23(34)15-8-10-26-11-9-15)21-24(35)29-19-12-16(25)4-7-18(19)28-21/h2-12,22,33H,1H3,(H,27,32)(H,29,35)(H,31,34)/b30-20+. The second-order valence-corrected chi connectivity index (χ2v) is 7.89. The highest BCUT2D eigenvalue weighted by Gasteiger charge is 2.23. The highest BCUT2D eigenvalue weighted by Crippen LogP contribution is 2.21. The normalized spacial score (nSPS) is 12.3. The first-order valence-corrected chi connectivity index (χ1v) is 10.7. The molecule has 0 aliphatic heterocycles. The molecule has 4 rings (SSSR count). The number of nitrogens with zero attached hydrogens (tertiary/aromatic N) is 3. The van der Waals surface area contributed by atoms with Crippen LogP contribution in [-0.2, 0) is 4.79 Å². The SMILES string of the molecule is CC(=O)Nc1ccc(C(O)/C(=N/NC(=O)c2ccncc2)c2nc3ccc(Cl)cc3[nH]c2=O)cc1. The predicted octanol–water partition coefficient (Wildman–Crippen LogP) is 2.80. The molecule has 0 radical (unpaired) electrons. The molecule has 0 spiro atoms. The van der Waals surface area contributed by atoms with Crippen molar-refractivity contribution >= 4 is 45.8 Å². The van der Waals surface area contributed by atoms with E-state index in [4.69, 9.17) is 11.6 Å². The van der Waals surface area contributed by atoms with Crippen LogP contribution in [-0.4, -0.2) is 37.6 Å². The number of carbonyl (C=O) groups excluding carboxylic acids is 2. The number of aliphatic hydroxyl groups is 1. The van der Waals surface area contributed by atoms with Crippen molar-refractivity contribution in [3.8, 4) is 0 Å². The van der Waals surface area contributed by atoms with Crippen molar-refractivity contribution in [2.75, 3.05) is 5.32 Å². The number of fused-ring (bicyclic) bond motifs is 1. The molecule has 2 aromatic heterocycles. The highest BCUT2D eigenvalue weighted by molar-refractivity contribution is 6.31. The van der Waals surface area contributed by atoms with E-state index < -0.39 is 17.6 Å². The van der Waals surface area contributed by atoms with Gasteiger partial charge in [-0.05, 0) is 48.0 Å². The molecule has 2 heterocycles. The molecule has 4 aromatic rings. The summed E-state index contributed by atoms with van der Waals surface area (Å²) < 4.78 is 0. The number of pyridine rings is 1. The van der Waals surface area contributed by atoms with Crippen LogP contribution >= 0.6 is 11.6 Å². The predicted molar refractivity (Wildman–Crippen MR) is 131 cm³/mol. The Balaban J connectivity index is 1.76. The lowest BCUT2D eigenvalue weighted by molar-refractivity contribution is -0.114. The van der Waals surface area contributed by atoms with Crippen molar-refractivity contribution in [1.29, 1.82) is 0 Å². The number of H-pyrrole nitrogens is 1. The Labute approximate surface area is 203 Å². The van der Waals surface area contributed by atoms with Gasteiger partial charge in [0, 0.05) is 35.6 Å². The molecule has 0 saturated heterocycles. The van der Waals surface area contributed by atoms with Gasteiger partial charge in [-0.25, -0.2) is 10.4 Å². The van der Waals surface area contributed by atoms with E-state index in [1.54, 1.807) is 42.5 Å². The lowest BCUT2D eigenvalue weighted by atomic mass is 10.0. The van der Waals surface area contributed by atoms with Crippen molar-refractivity contribution in [3.05, 3.63) is 99.2 Å². The quantitative estimate of drug-likeness (QED) is 0.241. The van der Waals surface area contributed by atoms with Crippen LogP contribution in [0.25, 0.3) is 11.0 Å². The van der Waals surface area contributed by atoms with E-state index in [-0.39, 0.29) is 22.9 Å². The maximum atomic E-state index is 12.9. The van der Waals surface area contributed by atoms with Crippen molar-refractivity contribution in [1.82, 2.24) is 20.4 Å². The van der Waals surface area contributed by atoms with Gasteiger partial charge in [0.15, 0.2) is 5.69 Å². The minimum atomic E-state index is -1.43. The second-order valence-electron chi connectivity index (χ2n) is 7.46. The van der Waals surface area contributed by atoms with E-state index in [0.29, 0.717) is 27.3 Å². The van der Waals surface area contributed by atoms with Gasteiger partial charge in [-0.15, -0.1) is 0 Å². The van der Waals surface area contributed by atoms with Crippen LogP contribution in [0, 0.1) is 0 Å². The summed E-state index contributed by atoms with van der Waals surface area (Å²) >= 11 is 6.00. The molecule has 176 valence electrons. The summed E-state index contributed by atoms with van der Waals surface area (Å²) in [6, 6.07) is 14.1. The van der Waals surface area contributed by atoms with Crippen molar-refractivity contribution in [2.24, 2.45) is 5.10 Å². The average molecular weight is 491 g/mol.